The molecule has 3 unspecified atom stereocenters. The van der Waals surface area contributed by atoms with Crippen molar-refractivity contribution in [1.82, 2.24) is 20.9 Å². The van der Waals surface area contributed by atoms with Crippen molar-refractivity contribution in [2.45, 2.75) is 78.2 Å². The molecule has 2 heterocycles. The molecule has 2 saturated heterocycles. The van der Waals surface area contributed by atoms with Crippen LogP contribution in [-0.2, 0) is 24.0 Å². The first-order valence-corrected chi connectivity index (χ1v) is 12.0. The fraction of sp³-hybridized carbons (Fsp3) is 0.783. The zero-order valence-electron chi connectivity index (χ0n) is 21.2. The van der Waals surface area contributed by atoms with Gasteiger partial charge >= 0.3 is 12.1 Å². The minimum Gasteiger partial charge on any atom is -0.368 e. The van der Waals surface area contributed by atoms with Gasteiger partial charge < -0.3 is 26.6 Å². The zero-order valence-corrected chi connectivity index (χ0v) is 21.2. The fourth-order valence-corrected chi connectivity index (χ4v) is 4.54. The van der Waals surface area contributed by atoms with E-state index in [-0.39, 0.29) is 37.1 Å². The Labute approximate surface area is 208 Å². The maximum absolute atomic E-state index is 13.5. The second-order valence-corrected chi connectivity index (χ2v) is 11.0. The number of halogens is 3. The molecule has 0 aromatic rings. The highest BCUT2D eigenvalue weighted by Gasteiger charge is 2.48. The Bertz CT molecular complexity index is 886. The summed E-state index contributed by atoms with van der Waals surface area (Å²) in [6, 6.07) is -3.80. The molecule has 13 heteroatoms. The molecule has 2 rings (SSSR count). The van der Waals surface area contributed by atoms with Crippen molar-refractivity contribution in [3.63, 3.8) is 0 Å². The fourth-order valence-electron chi connectivity index (χ4n) is 4.54. The number of hydrogen-bond acceptors (Lipinski definition) is 5. The number of nitrogens with two attached hydrogens (primary N) is 1. The summed E-state index contributed by atoms with van der Waals surface area (Å²) in [5, 5.41) is 6.97. The van der Waals surface area contributed by atoms with Crippen LogP contribution in [0.1, 0.15) is 53.9 Å². The average molecular weight is 520 g/mol. The third-order valence-corrected chi connectivity index (χ3v) is 6.85. The minimum atomic E-state index is -5.19. The third kappa shape index (κ3) is 7.10. The van der Waals surface area contributed by atoms with Crippen molar-refractivity contribution in [1.29, 1.82) is 0 Å². The van der Waals surface area contributed by atoms with Crippen LogP contribution in [0.3, 0.4) is 0 Å². The molecule has 36 heavy (non-hydrogen) atoms. The molecule has 204 valence electrons. The molecule has 0 aliphatic carbocycles. The van der Waals surface area contributed by atoms with Crippen molar-refractivity contribution >= 4 is 29.5 Å². The average Bonchev–Trinajstić information content (AvgIpc) is 3.36. The Morgan fingerprint density at radius 3 is 2.19 bits per heavy atom. The van der Waals surface area contributed by atoms with Gasteiger partial charge in [-0.1, -0.05) is 34.6 Å². The Morgan fingerprint density at radius 1 is 1.14 bits per heavy atom. The highest BCUT2D eigenvalue weighted by molar-refractivity contribution is 5.95. The van der Waals surface area contributed by atoms with Gasteiger partial charge in [-0.3, -0.25) is 24.0 Å². The summed E-state index contributed by atoms with van der Waals surface area (Å²) in [6.07, 6.45) is -4.50. The molecule has 2 aliphatic rings. The van der Waals surface area contributed by atoms with Gasteiger partial charge in [0.2, 0.25) is 23.6 Å². The number of likely N-dealkylation sites (tertiary alicyclic amines) is 1. The van der Waals surface area contributed by atoms with Gasteiger partial charge in [0.15, 0.2) is 0 Å². The quantitative estimate of drug-likeness (QED) is 0.367. The number of nitrogens with zero attached hydrogens (tertiary/aromatic N) is 1. The molecule has 0 spiro atoms. The van der Waals surface area contributed by atoms with Crippen molar-refractivity contribution in [2.75, 3.05) is 13.1 Å². The highest BCUT2D eigenvalue weighted by atomic mass is 19.4. The van der Waals surface area contributed by atoms with E-state index >= 15 is 0 Å². The number of alkyl halides is 3. The first kappa shape index (κ1) is 29.4. The van der Waals surface area contributed by atoms with Crippen LogP contribution in [0.5, 0.6) is 0 Å². The van der Waals surface area contributed by atoms with E-state index < -0.39 is 59.3 Å². The molecule has 0 bridgehead atoms. The van der Waals surface area contributed by atoms with Gasteiger partial charge in [0.1, 0.15) is 18.1 Å². The Balaban J connectivity index is 2.29. The van der Waals surface area contributed by atoms with E-state index in [0.29, 0.717) is 13.0 Å². The summed E-state index contributed by atoms with van der Waals surface area (Å²) >= 11 is 0. The molecule has 0 saturated carbocycles. The van der Waals surface area contributed by atoms with Crippen LogP contribution in [0, 0.1) is 23.2 Å². The number of amides is 5. The minimum absolute atomic E-state index is 0.00651. The van der Waals surface area contributed by atoms with Gasteiger partial charge in [-0.25, -0.2) is 0 Å². The summed E-state index contributed by atoms with van der Waals surface area (Å²) in [7, 11) is 0. The zero-order chi connectivity index (χ0) is 27.6. The van der Waals surface area contributed by atoms with Gasteiger partial charge in [-0.15, -0.1) is 0 Å². The number of carbonyl (C=O) groups is 5. The number of hydrogen-bond donors (Lipinski definition) is 4. The van der Waals surface area contributed by atoms with Gasteiger partial charge in [0.25, 0.3) is 0 Å². The first-order valence-electron chi connectivity index (χ1n) is 12.0. The lowest BCUT2D eigenvalue weighted by Gasteiger charge is -2.35. The van der Waals surface area contributed by atoms with Crippen LogP contribution in [-0.4, -0.2) is 71.8 Å². The lowest BCUT2D eigenvalue weighted by molar-refractivity contribution is -0.176. The van der Waals surface area contributed by atoms with Gasteiger partial charge in [-0.05, 0) is 36.5 Å². The SMILES string of the molecule is CC(C)[C@H]1C[C@@H](C(=O)NC(CC2CCNC2=O)C(N)=O)N(C(=O)C(NC(=O)C(F)(F)F)C(C)(C)C)C1. The van der Waals surface area contributed by atoms with Crippen LogP contribution in [0.2, 0.25) is 0 Å². The topological polar surface area (TPSA) is 151 Å². The van der Waals surface area contributed by atoms with Crippen LogP contribution < -0.4 is 21.7 Å². The lowest BCUT2D eigenvalue weighted by atomic mass is 9.85. The van der Waals surface area contributed by atoms with Crippen LogP contribution in [0.25, 0.3) is 0 Å². The second kappa shape index (κ2) is 11.0. The maximum atomic E-state index is 13.5. The number of nitrogens with one attached hydrogen (secondary N) is 3. The van der Waals surface area contributed by atoms with E-state index in [9.17, 15) is 37.1 Å². The van der Waals surface area contributed by atoms with E-state index in [2.05, 4.69) is 10.6 Å². The first-order chi connectivity index (χ1) is 16.4. The molecule has 0 aromatic carbocycles. The molecule has 0 aromatic heterocycles. The normalized spacial score (nSPS) is 24.3. The van der Waals surface area contributed by atoms with Gasteiger partial charge in [0.05, 0.1) is 0 Å². The standard InChI is InChI=1S/C23H36F3N5O5/c1-11(2)13-9-15(19(34)29-14(17(27)32)8-12-6-7-28-18(12)33)31(10-13)20(35)16(22(3,4)5)30-21(36)23(24,25)26/h11-16H,6-10H2,1-5H3,(H2,27,32)(H,28,33)(H,29,34)(H,30,36)/t12?,13-,14?,15-,16?/m0/s1. The van der Waals surface area contributed by atoms with Gasteiger partial charge in [0, 0.05) is 19.0 Å². The maximum Gasteiger partial charge on any atom is 0.471 e. The number of carbonyl (C=O) groups excluding carboxylic acids is 5. The second-order valence-electron chi connectivity index (χ2n) is 11.0. The van der Waals surface area contributed by atoms with E-state index in [0.717, 1.165) is 0 Å². The molecular formula is C23H36F3N5O5. The van der Waals surface area contributed by atoms with Crippen molar-refractivity contribution in [3.05, 3.63) is 0 Å². The van der Waals surface area contributed by atoms with Crippen molar-refractivity contribution < 1.29 is 37.1 Å². The Morgan fingerprint density at radius 2 is 1.75 bits per heavy atom. The predicted molar refractivity (Wildman–Crippen MR) is 123 cm³/mol. The number of primary amides is 1. The Hall–Kier alpha value is -2.86. The summed E-state index contributed by atoms with van der Waals surface area (Å²) in [4.78, 5) is 63.6. The van der Waals surface area contributed by atoms with Crippen LogP contribution >= 0.6 is 0 Å². The summed E-state index contributed by atoms with van der Waals surface area (Å²) in [5.74, 6) is -5.46. The lowest BCUT2D eigenvalue weighted by Crippen LogP contribution is -2.60. The largest absolute Gasteiger partial charge is 0.471 e. The molecule has 2 aliphatic heterocycles. The highest BCUT2D eigenvalue weighted by Crippen LogP contribution is 2.32. The summed E-state index contributed by atoms with van der Waals surface area (Å²) in [6.45, 7) is 8.85. The van der Waals surface area contributed by atoms with Crippen LogP contribution in [0.15, 0.2) is 0 Å². The smallest absolute Gasteiger partial charge is 0.368 e. The summed E-state index contributed by atoms with van der Waals surface area (Å²) < 4.78 is 38.9. The molecular weight excluding hydrogens is 483 g/mol. The van der Waals surface area contributed by atoms with Crippen LogP contribution in [0.4, 0.5) is 13.2 Å². The van der Waals surface area contributed by atoms with Crippen molar-refractivity contribution in [3.8, 4) is 0 Å². The molecule has 0 radical (unpaired) electrons. The molecule has 2 fully saturated rings. The summed E-state index contributed by atoms with van der Waals surface area (Å²) in [5.41, 5.74) is 4.36. The van der Waals surface area contributed by atoms with E-state index in [1.807, 2.05) is 13.8 Å². The third-order valence-electron chi connectivity index (χ3n) is 6.85. The monoisotopic (exact) mass is 519 g/mol. The Kier molecular flexibility index (Phi) is 9.00. The molecule has 10 nitrogen and oxygen atoms in total. The van der Waals surface area contributed by atoms with E-state index in [1.54, 1.807) is 5.32 Å². The molecule has 5 amide bonds. The molecule has 5 N–H and O–H groups in total. The van der Waals surface area contributed by atoms with E-state index in [1.165, 1.54) is 25.7 Å². The van der Waals surface area contributed by atoms with E-state index in [4.69, 9.17) is 5.73 Å². The number of rotatable bonds is 8. The van der Waals surface area contributed by atoms with Crippen molar-refractivity contribution in [2.24, 2.45) is 28.9 Å². The van der Waals surface area contributed by atoms with Gasteiger partial charge in [-0.2, -0.15) is 13.2 Å². The predicted octanol–water partition coefficient (Wildman–Crippen LogP) is 0.449. The molecule has 5 atom stereocenters.